The van der Waals surface area contributed by atoms with E-state index in [-0.39, 0.29) is 28.4 Å². The van der Waals surface area contributed by atoms with Gasteiger partial charge >= 0.3 is 0 Å². The minimum absolute atomic E-state index is 0.0276. The number of nitro benzene ring substituents is 1. The number of nitrogens with one attached hydrogen (secondary N) is 1. The van der Waals surface area contributed by atoms with Crippen LogP contribution in [-0.2, 0) is 21.4 Å². The van der Waals surface area contributed by atoms with E-state index in [4.69, 9.17) is 23.2 Å². The van der Waals surface area contributed by atoms with Crippen molar-refractivity contribution in [3.8, 4) is 0 Å². The first-order chi connectivity index (χ1) is 15.6. The molecule has 8 nitrogen and oxygen atoms in total. The Morgan fingerprint density at radius 1 is 1.00 bits per heavy atom. The summed E-state index contributed by atoms with van der Waals surface area (Å²) in [5.74, 6) is -0.648. The number of benzene rings is 3. The van der Waals surface area contributed by atoms with Gasteiger partial charge in [0.25, 0.3) is 5.69 Å². The summed E-state index contributed by atoms with van der Waals surface area (Å²) in [6, 6.07) is 16.4. The number of carbonyl (C=O) groups excluding carboxylic acids is 1. The van der Waals surface area contributed by atoms with E-state index in [2.05, 4.69) is 5.32 Å². The Kier molecular flexibility index (Phi) is 7.70. The second kappa shape index (κ2) is 10.3. The lowest BCUT2D eigenvalue weighted by Gasteiger charge is -2.22. The Morgan fingerprint density at radius 3 is 2.15 bits per heavy atom. The summed E-state index contributed by atoms with van der Waals surface area (Å²) >= 11 is 11.8. The van der Waals surface area contributed by atoms with Crippen molar-refractivity contribution in [3.05, 3.63) is 98.0 Å². The molecule has 1 N–H and O–H groups in total. The lowest BCUT2D eigenvalue weighted by atomic mass is 10.1. The summed E-state index contributed by atoms with van der Waals surface area (Å²) in [4.78, 5) is 23.4. The van der Waals surface area contributed by atoms with Gasteiger partial charge in [0.1, 0.15) is 0 Å². The van der Waals surface area contributed by atoms with Crippen molar-refractivity contribution in [1.82, 2.24) is 4.31 Å². The van der Waals surface area contributed by atoms with Crippen LogP contribution in [0.1, 0.15) is 11.1 Å². The number of hydrogen-bond donors (Lipinski definition) is 1. The molecule has 0 aliphatic heterocycles. The van der Waals surface area contributed by atoms with Crippen LogP contribution in [0, 0.1) is 17.0 Å². The smallest absolute Gasteiger partial charge is 0.274 e. The summed E-state index contributed by atoms with van der Waals surface area (Å²) in [6.07, 6.45) is 0. The average molecular weight is 508 g/mol. The molecule has 0 fully saturated rings. The Labute approximate surface area is 200 Å². The monoisotopic (exact) mass is 507 g/mol. The second-order valence-corrected chi connectivity index (χ2v) is 9.92. The number of halogens is 2. The lowest BCUT2D eigenvalue weighted by Crippen LogP contribution is -2.37. The zero-order valence-electron chi connectivity index (χ0n) is 17.4. The van der Waals surface area contributed by atoms with Gasteiger partial charge in [-0.1, -0.05) is 41.4 Å². The fraction of sp³-hybridized carbons (Fsp3) is 0.136. The van der Waals surface area contributed by atoms with Crippen LogP contribution in [0.4, 0.5) is 11.4 Å². The average Bonchev–Trinajstić information content (AvgIpc) is 2.76. The van der Waals surface area contributed by atoms with Gasteiger partial charge in [-0.3, -0.25) is 14.9 Å². The summed E-state index contributed by atoms with van der Waals surface area (Å²) in [6.45, 7) is 0.892. The van der Waals surface area contributed by atoms with E-state index in [0.29, 0.717) is 15.6 Å². The van der Waals surface area contributed by atoms with Gasteiger partial charge in [0.2, 0.25) is 15.9 Å². The number of carbonyl (C=O) groups is 1. The highest BCUT2D eigenvalue weighted by molar-refractivity contribution is 7.89. The van der Waals surface area contributed by atoms with Crippen LogP contribution in [0.25, 0.3) is 0 Å². The van der Waals surface area contributed by atoms with E-state index in [1.165, 1.54) is 49.4 Å². The predicted octanol–water partition coefficient (Wildman–Crippen LogP) is 5.04. The fourth-order valence-corrected chi connectivity index (χ4v) is 4.72. The number of amides is 1. The normalized spacial score (nSPS) is 11.4. The molecule has 0 radical (unpaired) electrons. The number of nitro groups is 1. The van der Waals surface area contributed by atoms with Gasteiger partial charge in [-0.25, -0.2) is 8.42 Å². The first kappa shape index (κ1) is 24.7. The Balaban J connectivity index is 1.90. The quantitative estimate of drug-likeness (QED) is 0.339. The molecule has 172 valence electrons. The molecule has 1 amide bonds. The number of rotatable bonds is 8. The van der Waals surface area contributed by atoms with Crippen LogP contribution in [0.15, 0.2) is 71.6 Å². The topological polar surface area (TPSA) is 110 Å². The summed E-state index contributed by atoms with van der Waals surface area (Å²) in [5.41, 5.74) is 0.959. The highest BCUT2D eigenvalue weighted by atomic mass is 35.5. The molecule has 0 heterocycles. The van der Waals surface area contributed by atoms with Gasteiger partial charge in [-0.15, -0.1) is 0 Å². The van der Waals surface area contributed by atoms with Crippen LogP contribution in [0.5, 0.6) is 0 Å². The molecule has 0 saturated carbocycles. The van der Waals surface area contributed by atoms with Crippen molar-refractivity contribution in [2.24, 2.45) is 0 Å². The maximum absolute atomic E-state index is 13.3. The van der Waals surface area contributed by atoms with Crippen molar-refractivity contribution in [1.29, 1.82) is 0 Å². The molecule has 11 heteroatoms. The van der Waals surface area contributed by atoms with Crippen molar-refractivity contribution >= 4 is 50.5 Å². The molecule has 0 aliphatic rings. The molecule has 0 aliphatic carbocycles. The third-order valence-corrected chi connectivity index (χ3v) is 7.13. The maximum atomic E-state index is 13.3. The molecular formula is C22H19Cl2N3O5S. The highest BCUT2D eigenvalue weighted by Crippen LogP contribution is 2.26. The van der Waals surface area contributed by atoms with E-state index in [0.717, 1.165) is 4.31 Å². The first-order valence-corrected chi connectivity index (χ1v) is 11.8. The first-order valence-electron chi connectivity index (χ1n) is 9.62. The molecule has 33 heavy (non-hydrogen) atoms. The summed E-state index contributed by atoms with van der Waals surface area (Å²) in [5, 5.41) is 14.6. The zero-order chi connectivity index (χ0) is 24.2. The number of sulfonamides is 1. The maximum Gasteiger partial charge on any atom is 0.274 e. The van der Waals surface area contributed by atoms with Crippen LogP contribution in [0.2, 0.25) is 10.0 Å². The largest absolute Gasteiger partial charge is 0.324 e. The summed E-state index contributed by atoms with van der Waals surface area (Å²) in [7, 11) is -4.07. The van der Waals surface area contributed by atoms with Gasteiger partial charge in [0.05, 0.1) is 27.6 Å². The van der Waals surface area contributed by atoms with E-state index in [1.807, 2.05) is 0 Å². The molecule has 3 aromatic carbocycles. The van der Waals surface area contributed by atoms with Gasteiger partial charge in [0, 0.05) is 22.7 Å². The molecular weight excluding hydrogens is 489 g/mol. The number of anilines is 1. The Hall–Kier alpha value is -2.98. The second-order valence-electron chi connectivity index (χ2n) is 7.11. The minimum atomic E-state index is -4.07. The molecule has 0 aromatic heterocycles. The van der Waals surface area contributed by atoms with Crippen LogP contribution in [0.3, 0.4) is 0 Å². The third kappa shape index (κ3) is 6.08. The fourth-order valence-electron chi connectivity index (χ4n) is 3.08. The van der Waals surface area contributed by atoms with Gasteiger partial charge < -0.3 is 5.32 Å². The third-order valence-electron chi connectivity index (χ3n) is 4.82. The molecule has 0 unspecified atom stereocenters. The number of hydrogen-bond acceptors (Lipinski definition) is 5. The van der Waals surface area contributed by atoms with Gasteiger partial charge in [0.15, 0.2) is 0 Å². The van der Waals surface area contributed by atoms with E-state index < -0.39 is 27.4 Å². The standard InChI is InChI=1S/C22H19Cl2N3O5S/c1-15-20(3-2-4-21(15)27(29)30)25-22(28)14-26(13-16-5-7-17(23)8-6-16)33(31,32)19-11-9-18(24)10-12-19/h2-12H,13-14H2,1H3,(H,25,28). The molecule has 3 aromatic rings. The highest BCUT2D eigenvalue weighted by Gasteiger charge is 2.27. The zero-order valence-corrected chi connectivity index (χ0v) is 19.7. The van der Waals surface area contributed by atoms with Crippen LogP contribution < -0.4 is 5.32 Å². The van der Waals surface area contributed by atoms with Crippen molar-refractivity contribution < 1.29 is 18.1 Å². The van der Waals surface area contributed by atoms with E-state index in [1.54, 1.807) is 24.3 Å². The molecule has 3 rings (SSSR count). The Bertz CT molecular complexity index is 1280. The van der Waals surface area contributed by atoms with Crippen molar-refractivity contribution in [2.45, 2.75) is 18.4 Å². The number of nitrogens with zero attached hydrogens (tertiary/aromatic N) is 2. The molecule has 0 spiro atoms. The van der Waals surface area contributed by atoms with E-state index in [9.17, 15) is 23.3 Å². The molecule has 0 atom stereocenters. The predicted molar refractivity (Wildman–Crippen MR) is 127 cm³/mol. The van der Waals surface area contributed by atoms with Gasteiger partial charge in [-0.2, -0.15) is 4.31 Å². The molecule has 0 saturated heterocycles. The lowest BCUT2D eigenvalue weighted by molar-refractivity contribution is -0.385. The van der Waals surface area contributed by atoms with Crippen molar-refractivity contribution in [3.63, 3.8) is 0 Å². The SMILES string of the molecule is Cc1c(NC(=O)CN(Cc2ccc(Cl)cc2)S(=O)(=O)c2ccc(Cl)cc2)cccc1[N+](=O)[O-]. The summed E-state index contributed by atoms with van der Waals surface area (Å²) < 4.78 is 27.6. The van der Waals surface area contributed by atoms with Crippen LogP contribution in [-0.4, -0.2) is 30.1 Å². The molecule has 0 bridgehead atoms. The van der Waals surface area contributed by atoms with E-state index >= 15 is 0 Å². The minimum Gasteiger partial charge on any atom is -0.324 e. The van der Waals surface area contributed by atoms with Gasteiger partial charge in [-0.05, 0) is 55.0 Å². The Morgan fingerprint density at radius 2 is 1.58 bits per heavy atom. The van der Waals surface area contributed by atoms with Crippen molar-refractivity contribution in [2.75, 3.05) is 11.9 Å². The van der Waals surface area contributed by atoms with Crippen LogP contribution >= 0.6 is 23.2 Å².